The Morgan fingerprint density at radius 1 is 1.33 bits per heavy atom. The predicted molar refractivity (Wildman–Crippen MR) is 70.4 cm³/mol. The molecule has 0 bridgehead atoms. The van der Waals surface area contributed by atoms with E-state index >= 15 is 0 Å². The fourth-order valence-corrected chi connectivity index (χ4v) is 2.73. The van der Waals surface area contributed by atoms with Gasteiger partial charge in [0.1, 0.15) is 11.9 Å². The molecule has 4 heteroatoms. The lowest BCUT2D eigenvalue weighted by Gasteiger charge is -2.17. The average molecular weight is 243 g/mol. The number of rotatable bonds is 1. The number of carbonyl (C=O) groups excluding carboxylic acids is 1. The van der Waals surface area contributed by atoms with E-state index in [1.165, 1.54) is 0 Å². The molecule has 0 aliphatic carbocycles. The topological polar surface area (TPSA) is 46.9 Å². The molecule has 1 aliphatic rings. The van der Waals surface area contributed by atoms with Crippen LogP contribution in [0.1, 0.15) is 31.1 Å². The number of imidazole rings is 1. The predicted octanol–water partition coefficient (Wildman–Crippen LogP) is 2.19. The van der Waals surface area contributed by atoms with Crippen LogP contribution in [0.15, 0.2) is 24.3 Å². The number of aryl methyl sites for hydroxylation is 1. The molecule has 0 spiro atoms. The number of nitrogens with one attached hydrogen (secondary N) is 1. The van der Waals surface area contributed by atoms with Gasteiger partial charge in [-0.15, -0.1) is 0 Å². The van der Waals surface area contributed by atoms with Crippen molar-refractivity contribution in [1.29, 1.82) is 0 Å². The number of aromatic nitrogens is 2. The molecular formula is C14H17N3O. The van der Waals surface area contributed by atoms with E-state index in [-0.39, 0.29) is 11.9 Å². The monoisotopic (exact) mass is 243 g/mol. The first kappa shape index (κ1) is 11.3. The lowest BCUT2D eigenvalue weighted by atomic mass is 10.1. The second-order valence-electron chi connectivity index (χ2n) is 4.82. The summed E-state index contributed by atoms with van der Waals surface area (Å²) in [7, 11) is 0. The molecule has 1 aromatic carbocycles. The van der Waals surface area contributed by atoms with Gasteiger partial charge in [-0.05, 0) is 38.3 Å². The number of benzene rings is 1. The third-order valence-electron chi connectivity index (χ3n) is 3.59. The normalized spacial score (nSPS) is 20.7. The molecule has 1 fully saturated rings. The van der Waals surface area contributed by atoms with Gasteiger partial charge in [-0.2, -0.15) is 0 Å². The van der Waals surface area contributed by atoms with Crippen LogP contribution in [0.3, 0.4) is 0 Å². The van der Waals surface area contributed by atoms with Gasteiger partial charge in [0.25, 0.3) is 0 Å². The molecule has 4 nitrogen and oxygen atoms in total. The Morgan fingerprint density at radius 3 is 3.06 bits per heavy atom. The van der Waals surface area contributed by atoms with E-state index < -0.39 is 0 Å². The molecule has 1 N–H and O–H groups in total. The summed E-state index contributed by atoms with van der Waals surface area (Å²) in [5, 5.41) is 2.99. The van der Waals surface area contributed by atoms with Gasteiger partial charge < -0.3 is 9.88 Å². The summed E-state index contributed by atoms with van der Waals surface area (Å²) in [6.07, 6.45) is 3.04. The SMILES string of the molecule is Cc1nc2ccccc2n1C1CCCCNC1=O. The van der Waals surface area contributed by atoms with Gasteiger partial charge in [-0.1, -0.05) is 12.1 Å². The molecule has 2 heterocycles. The number of fused-ring (bicyclic) bond motifs is 1. The highest BCUT2D eigenvalue weighted by atomic mass is 16.2. The fraction of sp³-hybridized carbons (Fsp3) is 0.429. The van der Waals surface area contributed by atoms with Crippen LogP contribution in [0.5, 0.6) is 0 Å². The van der Waals surface area contributed by atoms with Crippen molar-refractivity contribution in [3.05, 3.63) is 30.1 Å². The number of carbonyl (C=O) groups is 1. The maximum Gasteiger partial charge on any atom is 0.243 e. The van der Waals surface area contributed by atoms with Crippen molar-refractivity contribution in [1.82, 2.24) is 14.9 Å². The molecule has 0 saturated carbocycles. The summed E-state index contributed by atoms with van der Waals surface area (Å²) in [4.78, 5) is 16.7. The summed E-state index contributed by atoms with van der Waals surface area (Å²) < 4.78 is 2.08. The average Bonchev–Trinajstić information content (AvgIpc) is 2.55. The van der Waals surface area contributed by atoms with Gasteiger partial charge in [-0.3, -0.25) is 4.79 Å². The number of hydrogen-bond acceptors (Lipinski definition) is 2. The molecule has 2 aromatic rings. The van der Waals surface area contributed by atoms with E-state index in [9.17, 15) is 4.79 Å². The fourth-order valence-electron chi connectivity index (χ4n) is 2.73. The zero-order valence-electron chi connectivity index (χ0n) is 10.5. The van der Waals surface area contributed by atoms with Crippen LogP contribution in [0.2, 0.25) is 0 Å². The van der Waals surface area contributed by atoms with Crippen molar-refractivity contribution in [2.75, 3.05) is 6.54 Å². The largest absolute Gasteiger partial charge is 0.354 e. The number of nitrogens with zero attached hydrogens (tertiary/aromatic N) is 2. The molecular weight excluding hydrogens is 226 g/mol. The van der Waals surface area contributed by atoms with Crippen LogP contribution < -0.4 is 5.32 Å². The van der Waals surface area contributed by atoms with Gasteiger partial charge in [-0.25, -0.2) is 4.98 Å². The summed E-state index contributed by atoms with van der Waals surface area (Å²) in [6, 6.07) is 7.89. The summed E-state index contributed by atoms with van der Waals surface area (Å²) in [5.41, 5.74) is 2.02. The molecule has 1 aromatic heterocycles. The van der Waals surface area contributed by atoms with Crippen LogP contribution in [0, 0.1) is 6.92 Å². The second kappa shape index (κ2) is 4.44. The lowest BCUT2D eigenvalue weighted by molar-refractivity contribution is -0.124. The lowest BCUT2D eigenvalue weighted by Crippen LogP contribution is -2.31. The Kier molecular flexibility index (Phi) is 2.78. The van der Waals surface area contributed by atoms with Crippen molar-refractivity contribution in [2.24, 2.45) is 0 Å². The van der Waals surface area contributed by atoms with Crippen LogP contribution in [0.25, 0.3) is 11.0 Å². The number of amides is 1. The third kappa shape index (κ3) is 1.78. The third-order valence-corrected chi connectivity index (χ3v) is 3.59. The van der Waals surface area contributed by atoms with Crippen LogP contribution in [-0.4, -0.2) is 22.0 Å². The van der Waals surface area contributed by atoms with Crippen LogP contribution in [0.4, 0.5) is 0 Å². The van der Waals surface area contributed by atoms with Gasteiger partial charge in [0.05, 0.1) is 11.0 Å². The van der Waals surface area contributed by atoms with Crippen molar-refractivity contribution in [2.45, 2.75) is 32.2 Å². The highest BCUT2D eigenvalue weighted by Gasteiger charge is 2.25. The van der Waals surface area contributed by atoms with Crippen LogP contribution in [-0.2, 0) is 4.79 Å². The van der Waals surface area contributed by atoms with Crippen molar-refractivity contribution in [3.8, 4) is 0 Å². The highest BCUT2D eigenvalue weighted by Crippen LogP contribution is 2.25. The number of para-hydroxylation sites is 2. The number of hydrogen-bond donors (Lipinski definition) is 1. The van der Waals surface area contributed by atoms with Gasteiger partial charge in [0, 0.05) is 6.54 Å². The molecule has 94 valence electrons. The molecule has 1 saturated heterocycles. The van der Waals surface area contributed by atoms with Gasteiger partial charge >= 0.3 is 0 Å². The van der Waals surface area contributed by atoms with E-state index in [1.54, 1.807) is 0 Å². The Labute approximate surface area is 106 Å². The van der Waals surface area contributed by atoms with Crippen LogP contribution >= 0.6 is 0 Å². The quantitative estimate of drug-likeness (QED) is 0.834. The summed E-state index contributed by atoms with van der Waals surface area (Å²) >= 11 is 0. The molecule has 18 heavy (non-hydrogen) atoms. The molecule has 3 rings (SSSR count). The Bertz CT molecular complexity index is 588. The first-order valence-electron chi connectivity index (χ1n) is 6.48. The minimum atomic E-state index is -0.111. The van der Waals surface area contributed by atoms with E-state index in [1.807, 2.05) is 31.2 Å². The zero-order valence-corrected chi connectivity index (χ0v) is 10.5. The Hall–Kier alpha value is -1.84. The molecule has 1 atom stereocenters. The standard InChI is InChI=1S/C14H17N3O/c1-10-16-11-6-2-3-7-12(11)17(10)13-8-4-5-9-15-14(13)18/h2-3,6-7,13H,4-5,8-9H2,1H3,(H,15,18). The summed E-state index contributed by atoms with van der Waals surface area (Å²) in [6.45, 7) is 2.76. The Balaban J connectivity index is 2.12. The molecule has 1 unspecified atom stereocenters. The molecule has 0 radical (unpaired) electrons. The van der Waals surface area contributed by atoms with Crippen molar-refractivity contribution in [3.63, 3.8) is 0 Å². The van der Waals surface area contributed by atoms with E-state index in [0.29, 0.717) is 0 Å². The highest BCUT2D eigenvalue weighted by molar-refractivity contribution is 5.84. The second-order valence-corrected chi connectivity index (χ2v) is 4.82. The minimum absolute atomic E-state index is 0.111. The smallest absolute Gasteiger partial charge is 0.243 e. The maximum atomic E-state index is 12.1. The molecule has 1 amide bonds. The first-order valence-corrected chi connectivity index (χ1v) is 6.48. The van der Waals surface area contributed by atoms with Gasteiger partial charge in [0.2, 0.25) is 5.91 Å². The summed E-state index contributed by atoms with van der Waals surface area (Å²) in [5.74, 6) is 1.04. The Morgan fingerprint density at radius 2 is 2.17 bits per heavy atom. The van der Waals surface area contributed by atoms with E-state index in [2.05, 4.69) is 14.9 Å². The maximum absolute atomic E-state index is 12.1. The van der Waals surface area contributed by atoms with E-state index in [0.717, 1.165) is 42.7 Å². The van der Waals surface area contributed by atoms with E-state index in [4.69, 9.17) is 0 Å². The van der Waals surface area contributed by atoms with Crippen molar-refractivity contribution >= 4 is 16.9 Å². The zero-order chi connectivity index (χ0) is 12.5. The van der Waals surface area contributed by atoms with Crippen molar-refractivity contribution < 1.29 is 4.79 Å². The molecule has 1 aliphatic heterocycles. The van der Waals surface area contributed by atoms with Gasteiger partial charge in [0.15, 0.2) is 0 Å². The minimum Gasteiger partial charge on any atom is -0.354 e. The first-order chi connectivity index (χ1) is 8.77.